The lowest BCUT2D eigenvalue weighted by Gasteiger charge is -2.16. The van der Waals surface area contributed by atoms with E-state index >= 15 is 0 Å². The zero-order valence-electron chi connectivity index (χ0n) is 16.1. The summed E-state index contributed by atoms with van der Waals surface area (Å²) in [5.74, 6) is 0.380. The third kappa shape index (κ3) is 7.09. The second kappa shape index (κ2) is 11.9. The number of rotatable bonds is 8. The highest BCUT2D eigenvalue weighted by molar-refractivity contribution is 14.0. The van der Waals surface area contributed by atoms with Crippen molar-refractivity contribution in [3.05, 3.63) is 34.0 Å². The second-order valence-electron chi connectivity index (χ2n) is 5.67. The van der Waals surface area contributed by atoms with Gasteiger partial charge in [-0.1, -0.05) is 0 Å². The lowest BCUT2D eigenvalue weighted by molar-refractivity contribution is 0.0531. The Morgan fingerprint density at radius 2 is 2.26 bits per heavy atom. The van der Waals surface area contributed by atoms with Crippen LogP contribution in [0.4, 0.5) is 0 Å². The molecule has 2 rings (SSSR count). The monoisotopic (exact) mass is 506 g/mol. The number of nitrogens with zero attached hydrogens (tertiary/aromatic N) is 4. The van der Waals surface area contributed by atoms with Crippen molar-refractivity contribution in [1.29, 1.82) is 0 Å². The molecule has 8 nitrogen and oxygen atoms in total. The predicted molar refractivity (Wildman–Crippen MR) is 118 cm³/mol. The van der Waals surface area contributed by atoms with Crippen molar-refractivity contribution >= 4 is 47.2 Å². The summed E-state index contributed by atoms with van der Waals surface area (Å²) in [6, 6.07) is 1.84. The van der Waals surface area contributed by atoms with Gasteiger partial charge in [0.1, 0.15) is 9.88 Å². The van der Waals surface area contributed by atoms with E-state index in [2.05, 4.69) is 25.7 Å². The van der Waals surface area contributed by atoms with E-state index in [1.807, 2.05) is 30.8 Å². The van der Waals surface area contributed by atoms with Crippen LogP contribution in [0.1, 0.15) is 46.7 Å². The van der Waals surface area contributed by atoms with Gasteiger partial charge in [0, 0.05) is 32.5 Å². The lowest BCUT2D eigenvalue weighted by atomic mass is 10.3. The molecule has 0 saturated heterocycles. The van der Waals surface area contributed by atoms with Gasteiger partial charge >= 0.3 is 5.97 Å². The smallest absolute Gasteiger partial charge is 0.350 e. The molecule has 150 valence electrons. The van der Waals surface area contributed by atoms with Crippen molar-refractivity contribution < 1.29 is 9.53 Å². The molecule has 0 radical (unpaired) electrons. The number of aryl methyl sites for hydroxylation is 2. The van der Waals surface area contributed by atoms with Crippen LogP contribution in [0.5, 0.6) is 0 Å². The molecular formula is C17H27IN6O2S. The summed E-state index contributed by atoms with van der Waals surface area (Å²) >= 11 is 1.35. The van der Waals surface area contributed by atoms with E-state index in [0.29, 0.717) is 23.1 Å². The van der Waals surface area contributed by atoms with Crippen LogP contribution < -0.4 is 10.6 Å². The highest BCUT2D eigenvalue weighted by Crippen LogP contribution is 2.24. The Morgan fingerprint density at radius 1 is 1.48 bits per heavy atom. The number of thiazole rings is 1. The number of aliphatic imine (C=N–C) groups is 1. The van der Waals surface area contributed by atoms with E-state index in [4.69, 9.17) is 4.74 Å². The van der Waals surface area contributed by atoms with E-state index < -0.39 is 0 Å². The first-order valence-corrected chi connectivity index (χ1v) is 9.45. The Morgan fingerprint density at radius 3 is 2.89 bits per heavy atom. The van der Waals surface area contributed by atoms with Crippen molar-refractivity contribution in [3.8, 4) is 0 Å². The normalized spacial score (nSPS) is 12.2. The van der Waals surface area contributed by atoms with Crippen LogP contribution in [0.25, 0.3) is 0 Å². The van der Waals surface area contributed by atoms with Crippen LogP contribution in [0.15, 0.2) is 23.5 Å². The molecule has 0 aliphatic carbocycles. The molecule has 0 amide bonds. The molecule has 2 aromatic rings. The molecular weight excluding hydrogens is 479 g/mol. The van der Waals surface area contributed by atoms with Gasteiger partial charge in [0.05, 0.1) is 18.3 Å². The molecule has 2 heterocycles. The van der Waals surface area contributed by atoms with Crippen LogP contribution in [0, 0.1) is 6.92 Å². The number of hydrogen-bond donors (Lipinski definition) is 2. The van der Waals surface area contributed by atoms with Gasteiger partial charge in [-0.15, -0.1) is 35.3 Å². The molecule has 0 fully saturated rings. The van der Waals surface area contributed by atoms with Gasteiger partial charge in [-0.05, 0) is 33.3 Å². The number of esters is 1. The van der Waals surface area contributed by atoms with Crippen molar-refractivity contribution in [3.63, 3.8) is 0 Å². The first-order chi connectivity index (χ1) is 12.5. The summed E-state index contributed by atoms with van der Waals surface area (Å²) in [5, 5.41) is 11.6. The fourth-order valence-corrected chi connectivity index (χ4v) is 3.29. The minimum Gasteiger partial charge on any atom is -0.462 e. The van der Waals surface area contributed by atoms with Crippen LogP contribution in [0.3, 0.4) is 0 Å². The molecule has 0 bridgehead atoms. The standard InChI is InChI=1S/C17H26N6O2S.HI/c1-5-25-16(24)14-12(2)21-15(26-14)13(3)22-17(18-4)19-8-6-10-23-11-7-9-20-23;/h7,9,11,13H,5-6,8,10H2,1-4H3,(H2,18,19,22);1H. The van der Waals surface area contributed by atoms with Gasteiger partial charge in [-0.25, -0.2) is 9.78 Å². The number of nitrogens with one attached hydrogen (secondary N) is 2. The fourth-order valence-electron chi connectivity index (χ4n) is 2.33. The molecule has 2 aromatic heterocycles. The molecule has 2 N–H and O–H groups in total. The molecule has 27 heavy (non-hydrogen) atoms. The predicted octanol–water partition coefficient (Wildman–Crippen LogP) is 2.76. The molecule has 1 atom stereocenters. The quantitative estimate of drug-likeness (QED) is 0.188. The maximum Gasteiger partial charge on any atom is 0.350 e. The van der Waals surface area contributed by atoms with Crippen LogP contribution in [-0.2, 0) is 11.3 Å². The number of halogens is 1. The Balaban J connectivity index is 0.00000364. The largest absolute Gasteiger partial charge is 0.462 e. The zero-order valence-corrected chi connectivity index (χ0v) is 19.2. The minimum atomic E-state index is -0.318. The number of ether oxygens (including phenoxy) is 1. The van der Waals surface area contributed by atoms with E-state index in [-0.39, 0.29) is 36.0 Å². The van der Waals surface area contributed by atoms with E-state index in [1.165, 1.54) is 11.3 Å². The Bertz CT molecular complexity index is 732. The van der Waals surface area contributed by atoms with Crippen LogP contribution in [0.2, 0.25) is 0 Å². The van der Waals surface area contributed by atoms with E-state index in [9.17, 15) is 4.79 Å². The number of aromatic nitrogens is 3. The van der Waals surface area contributed by atoms with Gasteiger partial charge in [0.25, 0.3) is 0 Å². The zero-order chi connectivity index (χ0) is 18.9. The van der Waals surface area contributed by atoms with Gasteiger partial charge < -0.3 is 15.4 Å². The summed E-state index contributed by atoms with van der Waals surface area (Å²) in [7, 11) is 1.73. The molecule has 0 spiro atoms. The number of carbonyl (C=O) groups is 1. The average Bonchev–Trinajstić information content (AvgIpc) is 3.27. The first kappa shape index (κ1) is 23.3. The highest BCUT2D eigenvalue weighted by atomic mass is 127. The molecule has 0 saturated carbocycles. The maximum absolute atomic E-state index is 11.9. The highest BCUT2D eigenvalue weighted by Gasteiger charge is 2.20. The summed E-state index contributed by atoms with van der Waals surface area (Å²) < 4.78 is 6.97. The van der Waals surface area contributed by atoms with Gasteiger partial charge in [-0.3, -0.25) is 9.67 Å². The summed E-state index contributed by atoms with van der Waals surface area (Å²) in [6.45, 7) is 7.58. The van der Waals surface area contributed by atoms with Crippen LogP contribution in [-0.4, -0.2) is 46.9 Å². The SMILES string of the molecule is CCOC(=O)c1sc(C(C)NC(=NC)NCCCn2cccn2)nc1C.I. The van der Waals surface area contributed by atoms with E-state index in [0.717, 1.165) is 24.5 Å². The van der Waals surface area contributed by atoms with Crippen molar-refractivity contribution in [1.82, 2.24) is 25.4 Å². The molecule has 0 aromatic carbocycles. The Labute approximate surface area is 180 Å². The molecule has 1 unspecified atom stereocenters. The first-order valence-electron chi connectivity index (χ1n) is 8.64. The summed E-state index contributed by atoms with van der Waals surface area (Å²) in [4.78, 5) is 21.2. The minimum absolute atomic E-state index is 0. The second-order valence-corrected chi connectivity index (χ2v) is 6.71. The Kier molecular flexibility index (Phi) is 10.3. The van der Waals surface area contributed by atoms with Crippen molar-refractivity contribution in [2.24, 2.45) is 4.99 Å². The Hall–Kier alpha value is -1.69. The third-order valence-corrected chi connectivity index (χ3v) is 4.96. The fraction of sp³-hybridized carbons (Fsp3) is 0.529. The molecule has 0 aliphatic heterocycles. The summed E-state index contributed by atoms with van der Waals surface area (Å²) in [6.07, 6.45) is 4.65. The average molecular weight is 506 g/mol. The van der Waals surface area contributed by atoms with Gasteiger partial charge in [-0.2, -0.15) is 5.10 Å². The van der Waals surface area contributed by atoms with Crippen molar-refractivity contribution in [2.75, 3.05) is 20.2 Å². The topological polar surface area (TPSA) is 93.4 Å². The maximum atomic E-state index is 11.9. The molecule has 10 heteroatoms. The third-order valence-electron chi connectivity index (χ3n) is 3.64. The van der Waals surface area contributed by atoms with Crippen LogP contribution >= 0.6 is 35.3 Å². The van der Waals surface area contributed by atoms with Gasteiger partial charge in [0.15, 0.2) is 5.96 Å². The number of guanidine groups is 1. The van der Waals surface area contributed by atoms with Crippen molar-refractivity contribution in [2.45, 2.75) is 39.8 Å². The lowest BCUT2D eigenvalue weighted by Crippen LogP contribution is -2.39. The number of carbonyl (C=O) groups excluding carboxylic acids is 1. The summed E-state index contributed by atoms with van der Waals surface area (Å²) in [5.41, 5.74) is 0.694. The number of hydrogen-bond acceptors (Lipinski definition) is 6. The van der Waals surface area contributed by atoms with E-state index in [1.54, 1.807) is 20.2 Å². The van der Waals surface area contributed by atoms with Gasteiger partial charge in [0.2, 0.25) is 0 Å². The molecule has 0 aliphatic rings.